The second-order valence-corrected chi connectivity index (χ2v) is 9.24. The van der Waals surface area contributed by atoms with Crippen molar-refractivity contribution in [3.63, 3.8) is 0 Å². The van der Waals surface area contributed by atoms with E-state index in [0.717, 1.165) is 53.7 Å². The summed E-state index contributed by atoms with van der Waals surface area (Å²) in [6.45, 7) is 3.49. The number of aromatic amines is 1. The van der Waals surface area contributed by atoms with E-state index in [2.05, 4.69) is 10.3 Å². The molecule has 1 saturated heterocycles. The van der Waals surface area contributed by atoms with Crippen LogP contribution < -0.4 is 5.32 Å². The third kappa shape index (κ3) is 4.44. The lowest BCUT2D eigenvalue weighted by Gasteiger charge is -2.20. The highest BCUT2D eigenvalue weighted by Gasteiger charge is 2.23. The van der Waals surface area contributed by atoms with Crippen LogP contribution in [0.25, 0.3) is 10.9 Å². The van der Waals surface area contributed by atoms with Crippen LogP contribution in [-0.4, -0.2) is 34.8 Å². The quantitative estimate of drug-likeness (QED) is 0.381. The first kappa shape index (κ1) is 22.2. The summed E-state index contributed by atoms with van der Waals surface area (Å²) in [5.41, 5.74) is 4.78. The largest absolute Gasteiger partial charge is 0.356 e. The molecule has 2 N–H and O–H groups in total. The van der Waals surface area contributed by atoms with Crippen molar-refractivity contribution in [2.45, 2.75) is 25.8 Å². The topological polar surface area (TPSA) is 65.2 Å². The molecule has 0 bridgehead atoms. The number of H-pyrrole nitrogens is 1. The number of nitrogens with one attached hydrogen (secondary N) is 2. The van der Waals surface area contributed by atoms with E-state index in [1.807, 2.05) is 66.4 Å². The molecule has 1 aliphatic rings. The molecule has 4 aromatic rings. The lowest BCUT2D eigenvalue weighted by Crippen LogP contribution is -2.30. The number of halogens is 1. The summed E-state index contributed by atoms with van der Waals surface area (Å²) < 4.78 is 0. The Bertz CT molecular complexity index is 1360. The van der Waals surface area contributed by atoms with Crippen molar-refractivity contribution in [2.75, 3.05) is 13.1 Å². The number of nitrogens with zero attached hydrogens (tertiary/aromatic N) is 1. The van der Waals surface area contributed by atoms with Crippen molar-refractivity contribution in [1.29, 1.82) is 0 Å². The second-order valence-electron chi connectivity index (χ2n) is 8.80. The van der Waals surface area contributed by atoms with Crippen LogP contribution in [0.15, 0.2) is 72.8 Å². The van der Waals surface area contributed by atoms with E-state index in [-0.39, 0.29) is 17.9 Å². The maximum atomic E-state index is 13.3. The molecule has 3 aromatic carbocycles. The summed E-state index contributed by atoms with van der Waals surface area (Å²) in [4.78, 5) is 31.4. The molecule has 0 saturated carbocycles. The normalized spacial score (nSPS) is 14.4. The van der Waals surface area contributed by atoms with Gasteiger partial charge in [0.25, 0.3) is 11.8 Å². The van der Waals surface area contributed by atoms with Gasteiger partial charge >= 0.3 is 0 Å². The van der Waals surface area contributed by atoms with Gasteiger partial charge in [0.15, 0.2) is 0 Å². The lowest BCUT2D eigenvalue weighted by atomic mass is 10.0. The number of aromatic nitrogens is 1. The fraction of sp³-hybridized carbons (Fsp3) is 0.214. The van der Waals surface area contributed by atoms with E-state index in [9.17, 15) is 9.59 Å². The molecule has 1 fully saturated rings. The fourth-order valence-corrected chi connectivity index (χ4v) is 4.80. The van der Waals surface area contributed by atoms with Crippen LogP contribution >= 0.6 is 11.6 Å². The number of hydrogen-bond donors (Lipinski definition) is 2. The molecule has 0 aliphatic carbocycles. The number of rotatable bonds is 5. The molecule has 6 heteroatoms. The van der Waals surface area contributed by atoms with E-state index >= 15 is 0 Å². The zero-order valence-corrected chi connectivity index (χ0v) is 19.7. The summed E-state index contributed by atoms with van der Waals surface area (Å²) in [6, 6.07) is 22.5. The molecule has 1 aliphatic heterocycles. The summed E-state index contributed by atoms with van der Waals surface area (Å²) in [7, 11) is 0. The number of amides is 2. The van der Waals surface area contributed by atoms with E-state index in [0.29, 0.717) is 16.1 Å². The van der Waals surface area contributed by atoms with Crippen LogP contribution in [0.3, 0.4) is 0 Å². The molecule has 2 heterocycles. The predicted molar refractivity (Wildman–Crippen MR) is 135 cm³/mol. The van der Waals surface area contributed by atoms with Gasteiger partial charge in [-0.1, -0.05) is 41.9 Å². The number of carbonyl (C=O) groups excluding carboxylic acids is 2. The minimum Gasteiger partial charge on any atom is -0.356 e. The number of likely N-dealkylation sites (tertiary alicyclic amines) is 1. The van der Waals surface area contributed by atoms with Crippen molar-refractivity contribution < 1.29 is 9.59 Å². The first-order chi connectivity index (χ1) is 16.5. The molecule has 1 aromatic heterocycles. The maximum Gasteiger partial charge on any atom is 0.254 e. The Morgan fingerprint density at radius 1 is 0.971 bits per heavy atom. The van der Waals surface area contributed by atoms with Crippen LogP contribution in [0.2, 0.25) is 5.02 Å². The maximum absolute atomic E-state index is 13.3. The van der Waals surface area contributed by atoms with Gasteiger partial charge in [0.2, 0.25) is 0 Å². The molecular formula is C28H26ClN3O2. The van der Waals surface area contributed by atoms with Crippen LogP contribution in [0, 0.1) is 6.92 Å². The van der Waals surface area contributed by atoms with Crippen LogP contribution in [0.4, 0.5) is 0 Å². The molecule has 1 atom stereocenters. The van der Waals surface area contributed by atoms with E-state index in [1.54, 1.807) is 18.2 Å². The minimum atomic E-state index is -0.369. The Hall–Kier alpha value is -3.57. The van der Waals surface area contributed by atoms with Gasteiger partial charge < -0.3 is 15.2 Å². The Morgan fingerprint density at radius 2 is 1.74 bits per heavy atom. The molecule has 1 unspecified atom stereocenters. The second kappa shape index (κ2) is 9.35. The van der Waals surface area contributed by atoms with Gasteiger partial charge in [0.1, 0.15) is 0 Å². The van der Waals surface area contributed by atoms with Crippen molar-refractivity contribution in [3.05, 3.63) is 106 Å². The van der Waals surface area contributed by atoms with Crippen LogP contribution in [-0.2, 0) is 0 Å². The Kier molecular flexibility index (Phi) is 6.12. The number of aryl methyl sites for hydroxylation is 1. The van der Waals surface area contributed by atoms with E-state index in [4.69, 9.17) is 11.6 Å². The minimum absolute atomic E-state index is 0.0425. The molecule has 0 radical (unpaired) electrons. The monoisotopic (exact) mass is 471 g/mol. The van der Waals surface area contributed by atoms with Gasteiger partial charge in [-0.25, -0.2) is 0 Å². The SMILES string of the molecule is Cc1cc(C(=O)NC(c2ccccc2)c2cc3cc(Cl)ccc3[nH]2)ccc1C(=O)N1CCCC1. The first-order valence-electron chi connectivity index (χ1n) is 11.5. The molecule has 34 heavy (non-hydrogen) atoms. The van der Waals surface area contributed by atoms with Gasteiger partial charge in [-0.05, 0) is 73.4 Å². The van der Waals surface area contributed by atoms with Gasteiger partial charge in [-0.15, -0.1) is 0 Å². The Balaban J connectivity index is 1.43. The summed E-state index contributed by atoms with van der Waals surface area (Å²) in [6.07, 6.45) is 2.10. The van der Waals surface area contributed by atoms with Crippen molar-refractivity contribution in [3.8, 4) is 0 Å². The summed E-state index contributed by atoms with van der Waals surface area (Å²) >= 11 is 6.17. The van der Waals surface area contributed by atoms with Crippen molar-refractivity contribution in [2.24, 2.45) is 0 Å². The Morgan fingerprint density at radius 3 is 2.47 bits per heavy atom. The molecule has 172 valence electrons. The third-order valence-corrected chi connectivity index (χ3v) is 6.67. The number of fused-ring (bicyclic) bond motifs is 1. The van der Waals surface area contributed by atoms with Crippen LogP contribution in [0.5, 0.6) is 0 Å². The lowest BCUT2D eigenvalue weighted by molar-refractivity contribution is 0.0791. The standard InChI is InChI=1S/C28H26ClN3O2/c1-18-15-20(9-11-23(18)28(34)32-13-5-6-14-32)27(33)31-26(19-7-3-2-4-8-19)25-17-21-16-22(29)10-12-24(21)30-25/h2-4,7-12,15-17,26,30H,5-6,13-14H2,1H3,(H,31,33). The Labute approximate surface area is 203 Å². The average molecular weight is 472 g/mol. The highest BCUT2D eigenvalue weighted by Crippen LogP contribution is 2.28. The average Bonchev–Trinajstić information content (AvgIpc) is 3.52. The van der Waals surface area contributed by atoms with Gasteiger partial charge in [-0.3, -0.25) is 9.59 Å². The number of benzene rings is 3. The van der Waals surface area contributed by atoms with E-state index in [1.165, 1.54) is 0 Å². The predicted octanol–water partition coefficient (Wildman–Crippen LogP) is 5.89. The molecule has 5 rings (SSSR count). The number of hydrogen-bond acceptors (Lipinski definition) is 2. The van der Waals surface area contributed by atoms with Gasteiger partial charge in [0.05, 0.1) is 6.04 Å². The van der Waals surface area contributed by atoms with Gasteiger partial charge in [-0.2, -0.15) is 0 Å². The van der Waals surface area contributed by atoms with Crippen LogP contribution in [0.1, 0.15) is 56.4 Å². The number of carbonyl (C=O) groups is 2. The smallest absolute Gasteiger partial charge is 0.254 e. The van der Waals surface area contributed by atoms with Crippen molar-refractivity contribution in [1.82, 2.24) is 15.2 Å². The molecule has 0 spiro atoms. The highest BCUT2D eigenvalue weighted by atomic mass is 35.5. The zero-order chi connectivity index (χ0) is 23.7. The highest BCUT2D eigenvalue weighted by molar-refractivity contribution is 6.31. The molecule has 2 amide bonds. The third-order valence-electron chi connectivity index (χ3n) is 6.44. The summed E-state index contributed by atoms with van der Waals surface area (Å²) in [5, 5.41) is 4.82. The van der Waals surface area contributed by atoms with Crippen molar-refractivity contribution >= 4 is 34.3 Å². The fourth-order valence-electron chi connectivity index (χ4n) is 4.62. The van der Waals surface area contributed by atoms with Gasteiger partial charge in [0, 0.05) is 45.8 Å². The first-order valence-corrected chi connectivity index (χ1v) is 11.9. The molecular weight excluding hydrogens is 446 g/mol. The molecule has 5 nitrogen and oxygen atoms in total. The zero-order valence-electron chi connectivity index (χ0n) is 19.0. The van der Waals surface area contributed by atoms with E-state index < -0.39 is 0 Å². The summed E-state index contributed by atoms with van der Waals surface area (Å²) in [5.74, 6) is -0.158.